The monoisotopic (exact) mass is 151 g/mol. The maximum absolute atomic E-state index is 10.8. The molecule has 2 N–H and O–H groups in total. The molecule has 0 aromatic carbocycles. The first kappa shape index (κ1) is 8.05. The minimum atomic E-state index is -0.252. The Morgan fingerprint density at radius 1 is 1.64 bits per heavy atom. The Morgan fingerprint density at radius 2 is 2.27 bits per heavy atom. The Bertz CT molecular complexity index is 238. The van der Waals surface area contributed by atoms with Gasteiger partial charge in [-0.3, -0.25) is 4.79 Å². The number of allylic oxidation sites excluding steroid dienone is 2. The number of carbonyl (C=O) groups excluding carboxylic acids is 1. The van der Waals surface area contributed by atoms with Crippen LogP contribution in [0, 0.1) is 5.92 Å². The van der Waals surface area contributed by atoms with Crippen LogP contribution < -0.4 is 5.73 Å². The molecule has 1 atom stereocenters. The van der Waals surface area contributed by atoms with Gasteiger partial charge in [-0.2, -0.15) is 0 Å². The van der Waals surface area contributed by atoms with Crippen molar-refractivity contribution >= 4 is 5.91 Å². The molecule has 0 saturated carbocycles. The largest absolute Gasteiger partial charge is 0.369 e. The summed E-state index contributed by atoms with van der Waals surface area (Å²) in [6.45, 7) is 3.96. The summed E-state index contributed by atoms with van der Waals surface area (Å²) < 4.78 is 0. The van der Waals surface area contributed by atoms with Crippen LogP contribution in [0.25, 0.3) is 0 Å². The van der Waals surface area contributed by atoms with E-state index in [0.29, 0.717) is 0 Å². The molecule has 60 valence electrons. The van der Waals surface area contributed by atoms with Crippen molar-refractivity contribution in [3.8, 4) is 0 Å². The molecule has 0 fully saturated rings. The summed E-state index contributed by atoms with van der Waals surface area (Å²) in [5.74, 6) is -0.415. The molecule has 11 heavy (non-hydrogen) atoms. The minimum absolute atomic E-state index is 0.163. The van der Waals surface area contributed by atoms with Crippen molar-refractivity contribution in [1.82, 2.24) is 0 Å². The molecule has 0 saturated heterocycles. The van der Waals surface area contributed by atoms with Crippen LogP contribution in [0.4, 0.5) is 0 Å². The lowest BCUT2D eigenvalue weighted by molar-refractivity contribution is -0.119. The molecule has 0 aliphatic heterocycles. The van der Waals surface area contributed by atoms with Gasteiger partial charge in [-0.05, 0) is 20.3 Å². The molecule has 1 aliphatic carbocycles. The lowest BCUT2D eigenvalue weighted by Gasteiger charge is -2.15. The van der Waals surface area contributed by atoms with Crippen LogP contribution >= 0.6 is 0 Å². The van der Waals surface area contributed by atoms with Gasteiger partial charge in [-0.15, -0.1) is 0 Å². The van der Waals surface area contributed by atoms with Gasteiger partial charge >= 0.3 is 0 Å². The van der Waals surface area contributed by atoms with E-state index in [4.69, 9.17) is 5.73 Å². The highest BCUT2D eigenvalue weighted by atomic mass is 16.1. The zero-order valence-corrected chi connectivity index (χ0v) is 6.92. The summed E-state index contributed by atoms with van der Waals surface area (Å²) in [4.78, 5) is 10.8. The molecule has 0 aromatic rings. The third kappa shape index (κ3) is 1.70. The minimum Gasteiger partial charge on any atom is -0.369 e. The Morgan fingerprint density at radius 3 is 2.73 bits per heavy atom. The fourth-order valence-electron chi connectivity index (χ4n) is 1.24. The highest BCUT2D eigenvalue weighted by Crippen LogP contribution is 2.21. The maximum atomic E-state index is 10.8. The predicted molar refractivity (Wildman–Crippen MR) is 44.8 cm³/mol. The number of hydrogen-bond acceptors (Lipinski definition) is 1. The lowest BCUT2D eigenvalue weighted by Crippen LogP contribution is -2.23. The van der Waals surface area contributed by atoms with Gasteiger partial charge in [-0.1, -0.05) is 23.3 Å². The number of hydrogen-bond donors (Lipinski definition) is 1. The Labute approximate surface area is 66.8 Å². The van der Waals surface area contributed by atoms with E-state index >= 15 is 0 Å². The van der Waals surface area contributed by atoms with Crippen molar-refractivity contribution in [1.29, 1.82) is 0 Å². The summed E-state index contributed by atoms with van der Waals surface area (Å²) in [6.07, 6.45) is 4.96. The Hall–Kier alpha value is -1.05. The molecule has 2 heteroatoms. The van der Waals surface area contributed by atoms with Gasteiger partial charge in [0.15, 0.2) is 0 Å². The first-order valence-electron chi connectivity index (χ1n) is 3.74. The lowest BCUT2D eigenvalue weighted by atomic mass is 9.90. The van der Waals surface area contributed by atoms with Crippen LogP contribution in [0.2, 0.25) is 0 Å². The zero-order chi connectivity index (χ0) is 8.43. The molecule has 1 aliphatic rings. The standard InChI is InChI=1S/C9H13NO/c1-6-3-4-7(2)8(5-6)9(10)11/h4-5,8H,3H2,1-2H3,(H2,10,11). The van der Waals surface area contributed by atoms with E-state index in [1.807, 2.05) is 19.9 Å². The number of nitrogens with two attached hydrogens (primary N) is 1. The molecule has 0 aromatic heterocycles. The third-order valence-corrected chi connectivity index (χ3v) is 1.99. The molecule has 0 heterocycles. The van der Waals surface area contributed by atoms with Crippen LogP contribution in [0.3, 0.4) is 0 Å². The molecule has 0 spiro atoms. The molecule has 1 amide bonds. The van der Waals surface area contributed by atoms with E-state index in [-0.39, 0.29) is 11.8 Å². The van der Waals surface area contributed by atoms with Crippen molar-refractivity contribution < 1.29 is 4.79 Å². The molecule has 2 nitrogen and oxygen atoms in total. The number of amides is 1. The summed E-state index contributed by atoms with van der Waals surface area (Å²) in [5.41, 5.74) is 7.49. The van der Waals surface area contributed by atoms with E-state index in [1.54, 1.807) is 0 Å². The molecule has 0 bridgehead atoms. The topological polar surface area (TPSA) is 43.1 Å². The molecule has 1 unspecified atom stereocenters. The first-order valence-corrected chi connectivity index (χ1v) is 3.74. The van der Waals surface area contributed by atoms with Gasteiger partial charge in [0.25, 0.3) is 0 Å². The highest BCUT2D eigenvalue weighted by Gasteiger charge is 2.16. The highest BCUT2D eigenvalue weighted by molar-refractivity contribution is 5.82. The smallest absolute Gasteiger partial charge is 0.228 e. The number of rotatable bonds is 1. The second-order valence-corrected chi connectivity index (χ2v) is 3.05. The van der Waals surface area contributed by atoms with E-state index in [1.165, 1.54) is 5.57 Å². The second-order valence-electron chi connectivity index (χ2n) is 3.05. The van der Waals surface area contributed by atoms with E-state index in [0.717, 1.165) is 12.0 Å². The molecular formula is C9H13NO. The SMILES string of the molecule is CC1=CC(C(N)=O)C(C)=CC1. The fraction of sp³-hybridized carbons (Fsp3) is 0.444. The van der Waals surface area contributed by atoms with Gasteiger partial charge in [0.2, 0.25) is 5.91 Å². The normalized spacial score (nSPS) is 24.0. The average molecular weight is 151 g/mol. The van der Waals surface area contributed by atoms with Crippen molar-refractivity contribution in [2.24, 2.45) is 11.7 Å². The second kappa shape index (κ2) is 2.91. The Kier molecular flexibility index (Phi) is 2.13. The van der Waals surface area contributed by atoms with Gasteiger partial charge in [0.1, 0.15) is 0 Å². The van der Waals surface area contributed by atoms with E-state index < -0.39 is 0 Å². The van der Waals surface area contributed by atoms with E-state index in [9.17, 15) is 4.79 Å². The fourth-order valence-corrected chi connectivity index (χ4v) is 1.24. The summed E-state index contributed by atoms with van der Waals surface area (Å²) in [7, 11) is 0. The number of carbonyl (C=O) groups is 1. The van der Waals surface area contributed by atoms with Crippen LogP contribution in [-0.2, 0) is 4.79 Å². The van der Waals surface area contributed by atoms with E-state index in [2.05, 4.69) is 6.08 Å². The van der Waals surface area contributed by atoms with Crippen molar-refractivity contribution in [3.63, 3.8) is 0 Å². The zero-order valence-electron chi connectivity index (χ0n) is 6.92. The summed E-state index contributed by atoms with van der Waals surface area (Å²) in [6, 6.07) is 0. The van der Waals surface area contributed by atoms with Gasteiger partial charge in [0, 0.05) is 0 Å². The van der Waals surface area contributed by atoms with Crippen LogP contribution in [0.5, 0.6) is 0 Å². The van der Waals surface area contributed by atoms with Crippen molar-refractivity contribution in [3.05, 3.63) is 23.3 Å². The maximum Gasteiger partial charge on any atom is 0.228 e. The van der Waals surface area contributed by atoms with Gasteiger partial charge < -0.3 is 5.73 Å². The Balaban J connectivity index is 2.84. The average Bonchev–Trinajstić information content (AvgIpc) is 1.94. The van der Waals surface area contributed by atoms with Crippen LogP contribution in [-0.4, -0.2) is 5.91 Å². The third-order valence-electron chi connectivity index (χ3n) is 1.99. The van der Waals surface area contributed by atoms with Gasteiger partial charge in [0.05, 0.1) is 5.92 Å². The first-order chi connectivity index (χ1) is 5.11. The van der Waals surface area contributed by atoms with Gasteiger partial charge in [-0.25, -0.2) is 0 Å². The quantitative estimate of drug-likeness (QED) is 0.565. The van der Waals surface area contributed by atoms with Crippen molar-refractivity contribution in [2.75, 3.05) is 0 Å². The summed E-state index contributed by atoms with van der Waals surface area (Å²) >= 11 is 0. The molecular weight excluding hydrogens is 138 g/mol. The molecule has 0 radical (unpaired) electrons. The molecule has 1 rings (SSSR count). The van der Waals surface area contributed by atoms with Crippen LogP contribution in [0.1, 0.15) is 20.3 Å². The van der Waals surface area contributed by atoms with Crippen molar-refractivity contribution in [2.45, 2.75) is 20.3 Å². The van der Waals surface area contributed by atoms with Crippen LogP contribution in [0.15, 0.2) is 23.3 Å². The predicted octanol–water partition coefficient (Wildman–Crippen LogP) is 1.38. The summed E-state index contributed by atoms with van der Waals surface area (Å²) in [5, 5.41) is 0. The number of primary amides is 1.